The number of amides is 2. The second-order valence-electron chi connectivity index (χ2n) is 11.3. The van der Waals surface area contributed by atoms with Crippen molar-refractivity contribution < 1.29 is 18.0 Å². The summed E-state index contributed by atoms with van der Waals surface area (Å²) in [7, 11) is -3.85. The van der Waals surface area contributed by atoms with E-state index in [0.29, 0.717) is 16.3 Å². The molecule has 2 amide bonds. The summed E-state index contributed by atoms with van der Waals surface area (Å²) < 4.78 is 27.5. The highest BCUT2D eigenvalue weighted by Crippen LogP contribution is 2.30. The summed E-state index contributed by atoms with van der Waals surface area (Å²) in [5.74, 6) is -0.705. The van der Waals surface area contributed by atoms with Gasteiger partial charge in [-0.2, -0.15) is 0 Å². The number of nitrogens with zero attached hydrogens (tertiary/aromatic N) is 2. The number of benzene rings is 3. The van der Waals surface area contributed by atoms with Crippen LogP contribution in [0.5, 0.6) is 0 Å². The van der Waals surface area contributed by atoms with Crippen molar-refractivity contribution in [3.8, 4) is 0 Å². The molecule has 0 aromatic heterocycles. The highest BCUT2D eigenvalue weighted by molar-refractivity contribution is 7.92. The van der Waals surface area contributed by atoms with Crippen LogP contribution in [0.3, 0.4) is 0 Å². The third kappa shape index (κ3) is 8.13. The first-order chi connectivity index (χ1) is 20.0. The number of halogens is 1. The smallest absolute Gasteiger partial charge is 0.244 e. The van der Waals surface area contributed by atoms with Gasteiger partial charge in [-0.05, 0) is 47.6 Å². The SMILES string of the molecule is CC(C)c1ccccc1N(CC(=O)N(Cc1ccccc1Cl)[C@@H](Cc1ccccc1)C(=O)NC1CCCC1)S(C)(=O)=O. The Bertz CT molecular complexity index is 1470. The van der Waals surface area contributed by atoms with E-state index in [0.717, 1.165) is 47.4 Å². The highest BCUT2D eigenvalue weighted by atomic mass is 35.5. The lowest BCUT2D eigenvalue weighted by atomic mass is 10.0. The fraction of sp³-hybridized carbons (Fsp3) is 0.394. The second kappa shape index (κ2) is 14.2. The number of nitrogens with one attached hydrogen (secondary N) is 1. The van der Waals surface area contributed by atoms with Crippen molar-refractivity contribution in [1.29, 1.82) is 0 Å². The maximum atomic E-state index is 14.3. The van der Waals surface area contributed by atoms with E-state index < -0.39 is 28.5 Å². The van der Waals surface area contributed by atoms with Gasteiger partial charge in [-0.3, -0.25) is 13.9 Å². The predicted molar refractivity (Wildman–Crippen MR) is 169 cm³/mol. The van der Waals surface area contributed by atoms with Crippen LogP contribution in [0.4, 0.5) is 5.69 Å². The second-order valence-corrected chi connectivity index (χ2v) is 13.6. The molecule has 0 heterocycles. The first-order valence-corrected chi connectivity index (χ1v) is 16.7. The Balaban J connectivity index is 1.76. The quantitative estimate of drug-likeness (QED) is 0.276. The molecular formula is C33H40ClN3O4S. The first kappa shape index (κ1) is 31.6. The summed E-state index contributed by atoms with van der Waals surface area (Å²) in [5.41, 5.74) is 2.84. The number of carbonyl (C=O) groups excluding carboxylic acids is 2. The molecule has 0 unspecified atom stereocenters. The Morgan fingerprint density at radius 2 is 1.55 bits per heavy atom. The molecule has 9 heteroatoms. The van der Waals surface area contributed by atoms with Gasteiger partial charge in [0.1, 0.15) is 12.6 Å². The molecule has 0 bridgehead atoms. The van der Waals surface area contributed by atoms with Gasteiger partial charge in [0.25, 0.3) is 0 Å². The van der Waals surface area contributed by atoms with Gasteiger partial charge < -0.3 is 10.2 Å². The lowest BCUT2D eigenvalue weighted by Crippen LogP contribution is -2.54. The molecule has 0 aliphatic heterocycles. The fourth-order valence-electron chi connectivity index (χ4n) is 5.53. The molecule has 3 aromatic rings. The summed E-state index contributed by atoms with van der Waals surface area (Å²) in [6.07, 6.45) is 5.28. The van der Waals surface area contributed by atoms with Gasteiger partial charge in [0.15, 0.2) is 0 Å². The topological polar surface area (TPSA) is 86.8 Å². The minimum atomic E-state index is -3.85. The molecule has 7 nitrogen and oxygen atoms in total. The van der Waals surface area contributed by atoms with E-state index in [2.05, 4.69) is 5.32 Å². The number of carbonyl (C=O) groups is 2. The third-order valence-corrected chi connectivity index (χ3v) is 9.27. The summed E-state index contributed by atoms with van der Waals surface area (Å²) in [5, 5.41) is 3.64. The van der Waals surface area contributed by atoms with Crippen LogP contribution >= 0.6 is 11.6 Å². The monoisotopic (exact) mass is 609 g/mol. The van der Waals surface area contributed by atoms with Gasteiger partial charge in [0.05, 0.1) is 11.9 Å². The maximum Gasteiger partial charge on any atom is 0.244 e. The van der Waals surface area contributed by atoms with Crippen molar-refractivity contribution in [3.05, 3.63) is 101 Å². The fourth-order valence-corrected chi connectivity index (χ4v) is 6.59. The number of rotatable bonds is 12. The summed E-state index contributed by atoms with van der Waals surface area (Å²) in [4.78, 5) is 29.8. The Morgan fingerprint density at radius 3 is 2.19 bits per heavy atom. The maximum absolute atomic E-state index is 14.3. The van der Waals surface area contributed by atoms with E-state index in [1.807, 2.05) is 68.4 Å². The lowest BCUT2D eigenvalue weighted by molar-refractivity contribution is -0.140. The molecule has 1 N–H and O–H groups in total. The molecule has 1 aliphatic rings. The molecule has 3 aromatic carbocycles. The van der Waals surface area contributed by atoms with Crippen molar-refractivity contribution in [1.82, 2.24) is 10.2 Å². The molecule has 1 saturated carbocycles. The molecule has 0 saturated heterocycles. The van der Waals surface area contributed by atoms with Gasteiger partial charge >= 0.3 is 0 Å². The highest BCUT2D eigenvalue weighted by Gasteiger charge is 2.35. The third-order valence-electron chi connectivity index (χ3n) is 7.78. The van der Waals surface area contributed by atoms with Crippen molar-refractivity contribution >= 4 is 39.1 Å². The van der Waals surface area contributed by atoms with Gasteiger partial charge in [-0.25, -0.2) is 8.42 Å². The number of hydrogen-bond acceptors (Lipinski definition) is 4. The van der Waals surface area contributed by atoms with Gasteiger partial charge in [-0.1, -0.05) is 105 Å². The summed E-state index contributed by atoms with van der Waals surface area (Å²) in [6.45, 7) is 3.56. The zero-order valence-corrected chi connectivity index (χ0v) is 26.1. The van der Waals surface area contributed by atoms with Crippen LogP contribution in [0, 0.1) is 0 Å². The molecular weight excluding hydrogens is 570 g/mol. The van der Waals surface area contributed by atoms with Crippen LogP contribution in [0.2, 0.25) is 5.02 Å². The molecule has 1 aliphatic carbocycles. The molecule has 1 atom stereocenters. The summed E-state index contributed by atoms with van der Waals surface area (Å²) in [6, 6.07) is 23.1. The average Bonchev–Trinajstić information content (AvgIpc) is 3.47. The van der Waals surface area contributed by atoms with Crippen LogP contribution in [-0.4, -0.2) is 50.0 Å². The van der Waals surface area contributed by atoms with Gasteiger partial charge in [0, 0.05) is 24.0 Å². The van der Waals surface area contributed by atoms with E-state index in [1.54, 1.807) is 24.3 Å². The van der Waals surface area contributed by atoms with Crippen LogP contribution in [0.1, 0.15) is 62.1 Å². The minimum Gasteiger partial charge on any atom is -0.352 e. The number of anilines is 1. The summed E-state index contributed by atoms with van der Waals surface area (Å²) >= 11 is 6.54. The first-order valence-electron chi connectivity index (χ1n) is 14.5. The molecule has 0 spiro atoms. The van der Waals surface area contributed by atoms with E-state index in [4.69, 9.17) is 11.6 Å². The van der Waals surface area contributed by atoms with E-state index in [9.17, 15) is 18.0 Å². The van der Waals surface area contributed by atoms with Gasteiger partial charge in [0.2, 0.25) is 21.8 Å². The molecule has 224 valence electrons. The molecule has 1 fully saturated rings. The average molecular weight is 610 g/mol. The normalized spacial score (nSPS) is 14.5. The standard InChI is InChI=1S/C33H40ClN3O4S/c1-24(2)28-18-10-12-20-30(28)37(42(3,40)41)23-32(38)36(22-26-15-7-11-19-29(26)34)31(21-25-13-5-4-6-14-25)33(39)35-27-16-8-9-17-27/h4-7,10-15,18-20,24,27,31H,8-9,16-17,21-23H2,1-3H3,(H,35,39)/t31-/m0/s1. The number of hydrogen-bond donors (Lipinski definition) is 1. The lowest BCUT2D eigenvalue weighted by Gasteiger charge is -2.34. The minimum absolute atomic E-state index is 0.0304. The van der Waals surface area contributed by atoms with Crippen molar-refractivity contribution in [2.45, 2.75) is 70.5 Å². The van der Waals surface area contributed by atoms with E-state index in [-0.39, 0.29) is 30.8 Å². The Kier molecular flexibility index (Phi) is 10.7. The predicted octanol–water partition coefficient (Wildman–Crippen LogP) is 5.93. The van der Waals surface area contributed by atoms with E-state index >= 15 is 0 Å². The molecule has 0 radical (unpaired) electrons. The molecule has 4 rings (SSSR count). The van der Waals surface area contributed by atoms with Crippen molar-refractivity contribution in [3.63, 3.8) is 0 Å². The zero-order valence-electron chi connectivity index (χ0n) is 24.5. The van der Waals surface area contributed by atoms with Crippen LogP contribution < -0.4 is 9.62 Å². The van der Waals surface area contributed by atoms with Crippen LogP contribution in [0.15, 0.2) is 78.9 Å². The molecule has 42 heavy (non-hydrogen) atoms. The van der Waals surface area contributed by atoms with Crippen molar-refractivity contribution in [2.24, 2.45) is 0 Å². The van der Waals surface area contributed by atoms with Crippen LogP contribution in [-0.2, 0) is 32.6 Å². The van der Waals surface area contributed by atoms with Gasteiger partial charge in [-0.15, -0.1) is 0 Å². The zero-order chi connectivity index (χ0) is 30.3. The number of para-hydroxylation sites is 1. The number of sulfonamides is 1. The van der Waals surface area contributed by atoms with Crippen LogP contribution in [0.25, 0.3) is 0 Å². The van der Waals surface area contributed by atoms with E-state index in [1.165, 1.54) is 4.90 Å². The largest absolute Gasteiger partial charge is 0.352 e. The Labute approximate surface area is 254 Å². The Morgan fingerprint density at radius 1 is 0.929 bits per heavy atom. The Hall–Kier alpha value is -3.36. The van der Waals surface area contributed by atoms with Crippen molar-refractivity contribution in [2.75, 3.05) is 17.1 Å².